The van der Waals surface area contributed by atoms with Crippen molar-refractivity contribution < 1.29 is 4.48 Å². The number of benzene rings is 1. The summed E-state index contributed by atoms with van der Waals surface area (Å²) < 4.78 is 0.556. The third kappa shape index (κ3) is 2.07. The molecule has 0 radical (unpaired) electrons. The lowest BCUT2D eigenvalue weighted by atomic mass is 10.2. The molecule has 2 nitrogen and oxygen atoms in total. The molecule has 1 aliphatic rings. The monoisotopic (exact) mass is 241 g/mol. The van der Waals surface area contributed by atoms with E-state index in [2.05, 4.69) is 4.99 Å². The van der Waals surface area contributed by atoms with Gasteiger partial charge in [0.2, 0.25) is 5.84 Å². The molecule has 1 aromatic carbocycles. The summed E-state index contributed by atoms with van der Waals surface area (Å²) in [5.41, 5.74) is 1.04. The average molecular weight is 242 g/mol. The molecule has 0 atom stereocenters. The van der Waals surface area contributed by atoms with E-state index in [1.807, 2.05) is 44.6 Å². The van der Waals surface area contributed by atoms with Crippen LogP contribution in [0.4, 0.5) is 0 Å². The second-order valence-electron chi connectivity index (χ2n) is 3.93. The van der Waals surface area contributed by atoms with Crippen molar-refractivity contribution in [2.45, 2.75) is 0 Å². The first kappa shape index (κ1) is 10.7. The number of aliphatic imine (C=N–C) groups is 1. The lowest BCUT2D eigenvalue weighted by molar-refractivity contribution is -0.739. The van der Waals surface area contributed by atoms with Crippen molar-refractivity contribution in [1.82, 2.24) is 0 Å². The standard InChI is InChI=1S/C11H11Cl2N2/c1-15(2)7-10(13)14-11(15)8-3-5-9(12)6-4-8/h3-7H,1-2H3/q+1. The Hall–Kier alpha value is -0.830. The lowest BCUT2D eigenvalue weighted by Gasteiger charge is -2.21. The number of hydrogen-bond acceptors (Lipinski definition) is 1. The zero-order valence-corrected chi connectivity index (χ0v) is 10.0. The first-order chi connectivity index (χ1) is 6.99. The summed E-state index contributed by atoms with van der Waals surface area (Å²) in [6.45, 7) is 0. The molecule has 1 aromatic rings. The van der Waals surface area contributed by atoms with E-state index in [9.17, 15) is 0 Å². The fourth-order valence-corrected chi connectivity index (χ4v) is 2.03. The maximum Gasteiger partial charge on any atom is 0.240 e. The highest BCUT2D eigenvalue weighted by atomic mass is 35.5. The molecule has 0 amide bonds. The van der Waals surface area contributed by atoms with Crippen LogP contribution in [0.15, 0.2) is 40.6 Å². The maximum absolute atomic E-state index is 5.90. The minimum absolute atomic E-state index is 0.532. The molecule has 1 aliphatic heterocycles. The molecule has 0 aromatic heterocycles. The van der Waals surface area contributed by atoms with Crippen molar-refractivity contribution in [3.05, 3.63) is 46.2 Å². The average Bonchev–Trinajstić information content (AvgIpc) is 2.41. The molecule has 0 bridgehead atoms. The number of halogens is 2. The van der Waals surface area contributed by atoms with E-state index in [0.717, 1.165) is 16.4 Å². The van der Waals surface area contributed by atoms with Crippen LogP contribution in [-0.2, 0) is 0 Å². The van der Waals surface area contributed by atoms with Crippen molar-refractivity contribution >= 4 is 29.0 Å². The van der Waals surface area contributed by atoms with E-state index in [1.54, 1.807) is 0 Å². The molecule has 0 fully saturated rings. The zero-order valence-electron chi connectivity index (χ0n) is 8.54. The molecular weight excluding hydrogens is 231 g/mol. The molecule has 0 aliphatic carbocycles. The van der Waals surface area contributed by atoms with Crippen molar-refractivity contribution in [3.63, 3.8) is 0 Å². The van der Waals surface area contributed by atoms with Gasteiger partial charge in [0.05, 0.1) is 19.7 Å². The number of nitrogens with zero attached hydrogens (tertiary/aromatic N) is 2. The maximum atomic E-state index is 5.90. The second kappa shape index (κ2) is 3.63. The third-order valence-corrected chi connectivity index (χ3v) is 2.72. The molecule has 0 spiro atoms. The molecule has 0 saturated carbocycles. The summed E-state index contributed by atoms with van der Waals surface area (Å²) in [5, 5.41) is 1.26. The molecule has 0 unspecified atom stereocenters. The molecular formula is C11H11Cl2N2+. The Morgan fingerprint density at radius 3 is 2.13 bits per heavy atom. The van der Waals surface area contributed by atoms with Crippen LogP contribution < -0.4 is 0 Å². The Kier molecular flexibility index (Phi) is 2.59. The highest BCUT2D eigenvalue weighted by molar-refractivity contribution is 6.31. The Morgan fingerprint density at radius 2 is 1.67 bits per heavy atom. The van der Waals surface area contributed by atoms with Gasteiger partial charge in [-0.15, -0.1) is 0 Å². The first-order valence-electron chi connectivity index (χ1n) is 4.56. The minimum atomic E-state index is 0.532. The Balaban J connectivity index is 2.42. The van der Waals surface area contributed by atoms with Gasteiger partial charge >= 0.3 is 0 Å². The van der Waals surface area contributed by atoms with Crippen LogP contribution in [0.2, 0.25) is 5.02 Å². The van der Waals surface area contributed by atoms with E-state index in [0.29, 0.717) is 9.64 Å². The summed E-state index contributed by atoms with van der Waals surface area (Å²) in [4.78, 5) is 4.31. The SMILES string of the molecule is C[N+]1(C)C=C(Cl)N=C1c1ccc(Cl)cc1. The molecule has 1 heterocycles. The van der Waals surface area contributed by atoms with E-state index in [1.165, 1.54) is 0 Å². The van der Waals surface area contributed by atoms with Crippen LogP contribution in [0, 0.1) is 0 Å². The van der Waals surface area contributed by atoms with E-state index >= 15 is 0 Å². The second-order valence-corrected chi connectivity index (χ2v) is 4.76. The highest BCUT2D eigenvalue weighted by Gasteiger charge is 2.30. The van der Waals surface area contributed by atoms with Gasteiger partial charge in [-0.25, -0.2) is 0 Å². The summed E-state index contributed by atoms with van der Waals surface area (Å²) in [6, 6.07) is 7.60. The Morgan fingerprint density at radius 1 is 1.07 bits per heavy atom. The van der Waals surface area contributed by atoms with Gasteiger partial charge in [0.15, 0.2) is 5.16 Å². The minimum Gasteiger partial charge on any atom is -0.250 e. The van der Waals surface area contributed by atoms with Gasteiger partial charge in [0, 0.05) is 5.02 Å². The van der Waals surface area contributed by atoms with Crippen molar-refractivity contribution in [1.29, 1.82) is 0 Å². The quantitative estimate of drug-likeness (QED) is 0.529. The smallest absolute Gasteiger partial charge is 0.240 e. The van der Waals surface area contributed by atoms with Crippen LogP contribution in [0.5, 0.6) is 0 Å². The topological polar surface area (TPSA) is 12.4 Å². The highest BCUT2D eigenvalue weighted by Crippen LogP contribution is 2.24. The zero-order chi connectivity index (χ0) is 11.1. The van der Waals surface area contributed by atoms with Crippen LogP contribution in [-0.4, -0.2) is 24.4 Å². The van der Waals surface area contributed by atoms with E-state index < -0.39 is 0 Å². The van der Waals surface area contributed by atoms with Crippen LogP contribution in [0.25, 0.3) is 0 Å². The Labute approximate surface area is 99.0 Å². The van der Waals surface area contributed by atoms with Gasteiger partial charge in [0.25, 0.3) is 0 Å². The van der Waals surface area contributed by atoms with E-state index in [-0.39, 0.29) is 0 Å². The lowest BCUT2D eigenvalue weighted by Crippen LogP contribution is -2.38. The predicted molar refractivity (Wildman–Crippen MR) is 64.0 cm³/mol. The molecule has 15 heavy (non-hydrogen) atoms. The number of quaternary nitrogens is 1. The fraction of sp³-hybridized carbons (Fsp3) is 0.182. The summed E-state index contributed by atoms with van der Waals surface area (Å²) in [7, 11) is 4.06. The van der Waals surface area contributed by atoms with Crippen LogP contribution in [0.1, 0.15) is 5.56 Å². The van der Waals surface area contributed by atoms with Gasteiger partial charge in [0.1, 0.15) is 6.20 Å². The molecule has 4 heteroatoms. The molecule has 0 saturated heterocycles. The fourth-order valence-electron chi connectivity index (χ4n) is 1.58. The van der Waals surface area contributed by atoms with Crippen LogP contribution in [0.3, 0.4) is 0 Å². The molecule has 0 N–H and O–H groups in total. The number of rotatable bonds is 1. The first-order valence-corrected chi connectivity index (χ1v) is 5.32. The van der Waals surface area contributed by atoms with Gasteiger partial charge in [-0.1, -0.05) is 23.2 Å². The summed E-state index contributed by atoms with van der Waals surface area (Å²) in [5.74, 6) is 0.927. The van der Waals surface area contributed by atoms with Crippen molar-refractivity contribution in [2.24, 2.45) is 4.99 Å². The molecule has 78 valence electrons. The largest absolute Gasteiger partial charge is 0.250 e. The van der Waals surface area contributed by atoms with Crippen molar-refractivity contribution in [3.8, 4) is 0 Å². The summed E-state index contributed by atoms with van der Waals surface area (Å²) >= 11 is 11.7. The number of hydrogen-bond donors (Lipinski definition) is 0. The number of amidine groups is 1. The predicted octanol–water partition coefficient (Wildman–Crippen LogP) is 3.21. The van der Waals surface area contributed by atoms with Gasteiger partial charge in [-0.05, 0) is 24.3 Å². The third-order valence-electron chi connectivity index (χ3n) is 2.29. The Bertz CT molecular complexity index is 444. The summed E-state index contributed by atoms with van der Waals surface area (Å²) in [6.07, 6.45) is 1.89. The van der Waals surface area contributed by atoms with Gasteiger partial charge in [-0.3, -0.25) is 4.48 Å². The normalized spacial score (nSPS) is 18.7. The van der Waals surface area contributed by atoms with Crippen molar-refractivity contribution in [2.75, 3.05) is 14.1 Å². The molecule has 2 rings (SSSR count). The van der Waals surface area contributed by atoms with E-state index in [4.69, 9.17) is 23.2 Å². The van der Waals surface area contributed by atoms with Crippen LogP contribution >= 0.6 is 23.2 Å². The van der Waals surface area contributed by atoms with Gasteiger partial charge in [-0.2, -0.15) is 4.99 Å². The van der Waals surface area contributed by atoms with Gasteiger partial charge < -0.3 is 0 Å².